The molecule has 5 aromatic heterocycles. The fraction of sp³-hybridized carbons (Fsp3) is 0. The Bertz CT molecular complexity index is 5910. The van der Waals surface area contributed by atoms with Gasteiger partial charge in [-0.1, -0.05) is 206 Å². The van der Waals surface area contributed by atoms with E-state index in [-0.39, 0.29) is 58.0 Å². The normalized spacial score (nSPS) is 14.3. The Morgan fingerprint density at radius 3 is 0.962 bits per heavy atom. The SMILES string of the molecule is [2H]c1c([2H])c([2H])c(-c2nc(-c3c([2H])c([2H])c([2H])c([2H])c3[2H])nc(-c3c(-n4c5ccccc5c5cccc([2H])c54)c(C#N)c(-n4c5ccccc5c5cccc([2H])c54)c(-n4c5ccccc5c5cccc([2H])c54)c3-n3c4ccccc4c4cccc([2H])c43)n2)c([2H])c1[2H]. The molecule has 8 heteroatoms. The van der Waals surface area contributed by atoms with Gasteiger partial charge in [0.25, 0.3) is 0 Å². The van der Waals surface area contributed by atoms with Crippen molar-refractivity contribution in [1.82, 2.24) is 33.2 Å². The van der Waals surface area contributed by atoms with Crippen LogP contribution in [0, 0.1) is 11.3 Å². The predicted molar refractivity (Wildman–Crippen MR) is 318 cm³/mol. The van der Waals surface area contributed by atoms with Gasteiger partial charge in [0.1, 0.15) is 11.6 Å². The summed E-state index contributed by atoms with van der Waals surface area (Å²) in [6, 6.07) is 46.5. The summed E-state index contributed by atoms with van der Waals surface area (Å²) in [5.74, 6) is -1.61. The second kappa shape index (κ2) is 17.1. The van der Waals surface area contributed by atoms with Crippen LogP contribution in [-0.4, -0.2) is 33.2 Å². The van der Waals surface area contributed by atoms with Gasteiger partial charge in [-0.2, -0.15) is 5.26 Å². The van der Waals surface area contributed by atoms with Gasteiger partial charge in [-0.15, -0.1) is 0 Å². The monoisotopic (exact) mass is 1010 g/mol. The van der Waals surface area contributed by atoms with Crippen molar-refractivity contribution in [2.75, 3.05) is 0 Å². The van der Waals surface area contributed by atoms with Gasteiger partial charge in [0, 0.05) is 54.2 Å². The van der Waals surface area contributed by atoms with Gasteiger partial charge in [0.05, 0.1) is 91.6 Å². The summed E-state index contributed by atoms with van der Waals surface area (Å²) < 4.78 is 139. The highest BCUT2D eigenvalue weighted by molar-refractivity contribution is 6.17. The minimum absolute atomic E-state index is 0.00728. The maximum Gasteiger partial charge on any atom is 0.168 e. The van der Waals surface area contributed by atoms with Crippen LogP contribution in [0.3, 0.4) is 0 Å². The second-order valence-corrected chi connectivity index (χ2v) is 18.7. The molecule has 0 saturated heterocycles. The first kappa shape index (κ1) is 31.8. The van der Waals surface area contributed by atoms with Gasteiger partial charge in [-0.3, -0.25) is 0 Å². The smallest absolute Gasteiger partial charge is 0.168 e. The molecule has 78 heavy (non-hydrogen) atoms. The lowest BCUT2D eigenvalue weighted by molar-refractivity contribution is 1.01. The van der Waals surface area contributed by atoms with E-state index in [0.717, 1.165) is 0 Å². The topological polar surface area (TPSA) is 82.2 Å². The first-order chi connectivity index (χ1) is 44.5. The van der Waals surface area contributed by atoms with E-state index in [1.165, 1.54) is 0 Å². The summed E-state index contributed by atoms with van der Waals surface area (Å²) in [4.78, 5) is 15.3. The number of rotatable bonds is 7. The number of hydrogen-bond acceptors (Lipinski definition) is 4. The lowest BCUT2D eigenvalue weighted by Gasteiger charge is -2.29. The Morgan fingerprint density at radius 2 is 0.590 bits per heavy atom. The van der Waals surface area contributed by atoms with Crippen LogP contribution in [0.25, 0.3) is 144 Å². The number of nitrogens with zero attached hydrogens (tertiary/aromatic N) is 8. The summed E-state index contributed by atoms with van der Waals surface area (Å²) >= 11 is 0. The Hall–Kier alpha value is -10.9. The van der Waals surface area contributed by atoms with E-state index in [1.54, 1.807) is 53.1 Å². The quantitative estimate of drug-likeness (QED) is 0.159. The zero-order valence-corrected chi connectivity index (χ0v) is 40.7. The van der Waals surface area contributed by atoms with Crippen molar-refractivity contribution in [3.8, 4) is 63.0 Å². The highest BCUT2D eigenvalue weighted by Crippen LogP contribution is 2.51. The molecule has 0 amide bonds. The summed E-state index contributed by atoms with van der Waals surface area (Å²) in [5, 5.41) is 18.2. The van der Waals surface area contributed by atoms with Gasteiger partial charge < -0.3 is 18.3 Å². The van der Waals surface area contributed by atoms with Crippen LogP contribution in [0.15, 0.2) is 254 Å². The van der Waals surface area contributed by atoms with Crippen LogP contribution in [0.5, 0.6) is 0 Å². The minimum Gasteiger partial charge on any atom is -0.307 e. The molecule has 16 rings (SSSR count). The summed E-state index contributed by atoms with van der Waals surface area (Å²) in [6.07, 6.45) is 0. The molecule has 0 aliphatic heterocycles. The van der Waals surface area contributed by atoms with E-state index in [4.69, 9.17) is 23.2 Å². The molecule has 362 valence electrons. The Balaban J connectivity index is 1.30. The first-order valence-corrected chi connectivity index (χ1v) is 25.0. The summed E-state index contributed by atoms with van der Waals surface area (Å²) in [6.45, 7) is 0. The van der Waals surface area contributed by atoms with Crippen molar-refractivity contribution >= 4 is 87.2 Å². The average Bonchev–Trinajstić information content (AvgIpc) is 1.44. The third-order valence-corrected chi connectivity index (χ3v) is 14.7. The van der Waals surface area contributed by atoms with E-state index in [2.05, 4.69) is 6.07 Å². The maximum absolute atomic E-state index is 13.1. The van der Waals surface area contributed by atoms with Crippen molar-refractivity contribution in [2.24, 2.45) is 0 Å². The molecule has 0 radical (unpaired) electrons. The molecule has 16 aromatic rings. The van der Waals surface area contributed by atoms with Crippen molar-refractivity contribution in [3.63, 3.8) is 0 Å². The van der Waals surface area contributed by atoms with Crippen molar-refractivity contribution in [2.45, 2.75) is 0 Å². The van der Waals surface area contributed by atoms with Crippen LogP contribution >= 0.6 is 0 Å². The number of hydrogen-bond donors (Lipinski definition) is 0. The number of para-hydroxylation sites is 8. The lowest BCUT2D eigenvalue weighted by Crippen LogP contribution is -2.17. The maximum atomic E-state index is 13.1. The van der Waals surface area contributed by atoms with Crippen LogP contribution in [0.2, 0.25) is 0 Å². The van der Waals surface area contributed by atoms with E-state index in [0.29, 0.717) is 87.2 Å². The highest BCUT2D eigenvalue weighted by Gasteiger charge is 2.36. The predicted octanol–water partition coefficient (Wildman–Crippen LogP) is 17.1. The molecular formula is C70H42N8. The molecule has 11 aromatic carbocycles. The molecule has 0 spiro atoms. The van der Waals surface area contributed by atoms with Gasteiger partial charge >= 0.3 is 0 Å². The van der Waals surface area contributed by atoms with Gasteiger partial charge in [-0.05, 0) is 48.4 Å². The zero-order chi connectivity index (χ0) is 63.6. The molecule has 0 unspecified atom stereocenters. The van der Waals surface area contributed by atoms with Gasteiger partial charge in [-0.25, -0.2) is 15.0 Å². The Labute approximate surface area is 466 Å². The Morgan fingerprint density at radius 1 is 0.295 bits per heavy atom. The standard InChI is InChI=1S/C70H42N8/c71-43-54-64(75-55-35-15-7-27-46(55)47-28-8-16-36-56(47)75)63(70-73-68(44-23-3-1-4-24-44)72-69(74-70)45-25-5-2-6-26-45)66(77-59-39-19-11-31-50(59)51-32-12-20-40-60(51)77)67(78-61-41-21-13-33-52(61)53-34-14-22-42-62(53)78)65(54)76-57-37-17-9-29-48(57)49-30-10-18-38-58(49)76/h1-42H/i1D,2D,3D,4D,5D,6D,23D,24D,25D,26D,35D,37D,39D,41D. The number of fused-ring (bicyclic) bond motifs is 12. The molecular weight excluding hydrogens is 953 g/mol. The molecule has 0 N–H and O–H groups in total. The molecule has 8 nitrogen and oxygen atoms in total. The molecule has 0 aliphatic carbocycles. The summed E-state index contributed by atoms with van der Waals surface area (Å²) in [7, 11) is 0. The number of nitriles is 1. The van der Waals surface area contributed by atoms with Crippen molar-refractivity contribution < 1.29 is 19.2 Å². The molecule has 5 heterocycles. The molecule has 0 atom stereocenters. The first-order valence-electron chi connectivity index (χ1n) is 32.0. The highest BCUT2D eigenvalue weighted by atomic mass is 15.1. The van der Waals surface area contributed by atoms with Gasteiger partial charge in [0.2, 0.25) is 0 Å². The lowest BCUT2D eigenvalue weighted by atomic mass is 9.97. The fourth-order valence-electron chi connectivity index (χ4n) is 11.6. The largest absolute Gasteiger partial charge is 0.307 e. The van der Waals surface area contributed by atoms with E-state index in [1.807, 2.05) is 135 Å². The Kier molecular flexibility index (Phi) is 6.96. The van der Waals surface area contributed by atoms with Crippen molar-refractivity contribution in [3.05, 3.63) is 260 Å². The van der Waals surface area contributed by atoms with E-state index >= 15 is 0 Å². The summed E-state index contributed by atoms with van der Waals surface area (Å²) in [5.41, 5.74) is 2.45. The van der Waals surface area contributed by atoms with Crippen LogP contribution < -0.4 is 0 Å². The van der Waals surface area contributed by atoms with E-state index in [9.17, 15) is 16.2 Å². The molecule has 0 saturated carbocycles. The van der Waals surface area contributed by atoms with E-state index < -0.39 is 89.0 Å². The molecule has 0 bridgehead atoms. The van der Waals surface area contributed by atoms with Crippen LogP contribution in [0.4, 0.5) is 0 Å². The third kappa shape index (κ3) is 6.24. The number of benzene rings is 11. The average molecular weight is 1010 g/mol. The number of aromatic nitrogens is 7. The third-order valence-electron chi connectivity index (χ3n) is 14.7. The van der Waals surface area contributed by atoms with Crippen LogP contribution in [-0.2, 0) is 0 Å². The fourth-order valence-corrected chi connectivity index (χ4v) is 11.6. The minimum atomic E-state index is -0.758. The molecule has 0 aliphatic rings. The van der Waals surface area contributed by atoms with Gasteiger partial charge in [0.15, 0.2) is 17.5 Å². The zero-order valence-electron chi connectivity index (χ0n) is 54.7. The van der Waals surface area contributed by atoms with Crippen molar-refractivity contribution in [1.29, 1.82) is 5.26 Å². The molecule has 0 fully saturated rings. The van der Waals surface area contributed by atoms with Crippen LogP contribution in [0.1, 0.15) is 24.8 Å². The second-order valence-electron chi connectivity index (χ2n) is 18.7.